The van der Waals surface area contributed by atoms with Gasteiger partial charge in [0, 0.05) is 22.0 Å². The van der Waals surface area contributed by atoms with Crippen LogP contribution < -0.4 is 10.4 Å². The van der Waals surface area contributed by atoms with Gasteiger partial charge in [-0.1, -0.05) is 84.9 Å². The SMILES string of the molecule is CSc1cc(-c2cccc(N(c3ccccc3)c3cccc(-c4ccccc4)c3)c2)ccc1B(O)O. The molecule has 5 rings (SSSR count). The highest BCUT2D eigenvalue weighted by molar-refractivity contribution is 7.98. The molecule has 0 spiro atoms. The monoisotopic (exact) mass is 487 g/mol. The van der Waals surface area contributed by atoms with E-state index in [0.717, 1.165) is 38.6 Å². The van der Waals surface area contributed by atoms with Crippen LogP contribution >= 0.6 is 11.8 Å². The van der Waals surface area contributed by atoms with E-state index in [1.807, 2.05) is 30.5 Å². The van der Waals surface area contributed by atoms with Crippen LogP contribution in [-0.4, -0.2) is 23.4 Å². The lowest BCUT2D eigenvalue weighted by Gasteiger charge is -2.26. The maximum absolute atomic E-state index is 9.71. The highest BCUT2D eigenvalue weighted by atomic mass is 32.2. The van der Waals surface area contributed by atoms with Crippen LogP contribution in [0.5, 0.6) is 0 Å². The van der Waals surface area contributed by atoms with Crippen molar-refractivity contribution in [1.29, 1.82) is 0 Å². The summed E-state index contributed by atoms with van der Waals surface area (Å²) in [5.41, 5.74) is 8.13. The predicted molar refractivity (Wildman–Crippen MR) is 154 cm³/mol. The van der Waals surface area contributed by atoms with Crippen molar-refractivity contribution in [1.82, 2.24) is 0 Å². The van der Waals surface area contributed by atoms with Crippen molar-refractivity contribution in [3.05, 3.63) is 127 Å². The number of thioether (sulfide) groups is 1. The molecule has 2 N–H and O–H groups in total. The number of rotatable bonds is 7. The first-order valence-corrected chi connectivity index (χ1v) is 13.0. The molecular weight excluding hydrogens is 461 g/mol. The molecule has 0 unspecified atom stereocenters. The van der Waals surface area contributed by atoms with Crippen molar-refractivity contribution < 1.29 is 10.0 Å². The minimum Gasteiger partial charge on any atom is -0.423 e. The minimum atomic E-state index is -1.49. The van der Waals surface area contributed by atoms with E-state index in [9.17, 15) is 10.0 Å². The van der Waals surface area contributed by atoms with Gasteiger partial charge in [-0.15, -0.1) is 11.8 Å². The molecule has 0 fully saturated rings. The van der Waals surface area contributed by atoms with E-state index in [4.69, 9.17) is 0 Å². The molecule has 0 saturated carbocycles. The number of para-hydroxylation sites is 1. The van der Waals surface area contributed by atoms with E-state index in [-0.39, 0.29) is 0 Å². The van der Waals surface area contributed by atoms with Gasteiger partial charge in [0.25, 0.3) is 0 Å². The molecule has 0 radical (unpaired) electrons. The second kappa shape index (κ2) is 10.9. The summed E-state index contributed by atoms with van der Waals surface area (Å²) in [5, 5.41) is 19.4. The summed E-state index contributed by atoms with van der Waals surface area (Å²) in [6, 6.07) is 43.6. The summed E-state index contributed by atoms with van der Waals surface area (Å²) < 4.78 is 0. The number of anilines is 3. The zero-order chi connectivity index (χ0) is 24.9. The Morgan fingerprint density at radius 3 is 1.61 bits per heavy atom. The van der Waals surface area contributed by atoms with E-state index >= 15 is 0 Å². The Kier molecular flexibility index (Phi) is 7.24. The van der Waals surface area contributed by atoms with E-state index in [1.165, 1.54) is 17.3 Å². The van der Waals surface area contributed by atoms with Crippen molar-refractivity contribution >= 4 is 41.4 Å². The van der Waals surface area contributed by atoms with Crippen LogP contribution in [0.25, 0.3) is 22.3 Å². The first kappa shape index (κ1) is 24.0. The van der Waals surface area contributed by atoms with Crippen LogP contribution in [0.3, 0.4) is 0 Å². The van der Waals surface area contributed by atoms with Gasteiger partial charge in [0.1, 0.15) is 0 Å². The maximum atomic E-state index is 9.71. The second-order valence-corrected chi connectivity index (χ2v) is 9.32. The van der Waals surface area contributed by atoms with Crippen molar-refractivity contribution in [3.63, 3.8) is 0 Å². The van der Waals surface area contributed by atoms with Gasteiger partial charge in [0.15, 0.2) is 0 Å². The summed E-state index contributed by atoms with van der Waals surface area (Å²) in [6.07, 6.45) is 1.94. The molecule has 0 aromatic heterocycles. The van der Waals surface area contributed by atoms with Gasteiger partial charge >= 0.3 is 7.12 Å². The third-order valence-electron chi connectivity index (χ3n) is 6.18. The van der Waals surface area contributed by atoms with Crippen LogP contribution in [0.2, 0.25) is 0 Å². The highest BCUT2D eigenvalue weighted by Gasteiger charge is 2.17. The van der Waals surface area contributed by atoms with E-state index < -0.39 is 7.12 Å². The Hall–Kier alpha value is -3.77. The quantitative estimate of drug-likeness (QED) is 0.194. The lowest BCUT2D eigenvalue weighted by atomic mass is 9.79. The molecular formula is C31H26BNO2S. The fraction of sp³-hybridized carbons (Fsp3) is 0.0323. The van der Waals surface area contributed by atoms with Crippen LogP contribution in [0.15, 0.2) is 132 Å². The minimum absolute atomic E-state index is 0.519. The Morgan fingerprint density at radius 1 is 0.528 bits per heavy atom. The van der Waals surface area contributed by atoms with E-state index in [1.54, 1.807) is 6.07 Å². The summed E-state index contributed by atoms with van der Waals surface area (Å²) in [7, 11) is -1.49. The molecule has 0 aliphatic heterocycles. The molecule has 0 saturated heterocycles. The van der Waals surface area contributed by atoms with Gasteiger partial charge in [0.05, 0.1) is 0 Å². The van der Waals surface area contributed by atoms with Gasteiger partial charge in [-0.05, 0) is 76.4 Å². The number of hydrogen-bond acceptors (Lipinski definition) is 4. The zero-order valence-corrected chi connectivity index (χ0v) is 20.8. The third kappa shape index (κ3) is 5.09. The van der Waals surface area contributed by atoms with Gasteiger partial charge in [-0.3, -0.25) is 0 Å². The Bertz CT molecular complexity index is 1460. The van der Waals surface area contributed by atoms with Gasteiger partial charge < -0.3 is 14.9 Å². The molecule has 3 nitrogen and oxygen atoms in total. The Labute approximate surface area is 216 Å². The van der Waals surface area contributed by atoms with Crippen molar-refractivity contribution in [2.45, 2.75) is 4.90 Å². The maximum Gasteiger partial charge on any atom is 0.489 e. The highest BCUT2D eigenvalue weighted by Crippen LogP contribution is 2.38. The molecule has 0 aliphatic carbocycles. The summed E-state index contributed by atoms with van der Waals surface area (Å²) in [6.45, 7) is 0. The van der Waals surface area contributed by atoms with E-state index in [0.29, 0.717) is 5.46 Å². The van der Waals surface area contributed by atoms with Crippen LogP contribution in [0.1, 0.15) is 0 Å². The predicted octanol–water partition coefficient (Wildman–Crippen LogP) is 6.89. The normalized spacial score (nSPS) is 10.8. The molecule has 5 heteroatoms. The van der Waals surface area contributed by atoms with Crippen molar-refractivity contribution in [2.24, 2.45) is 0 Å². The lowest BCUT2D eigenvalue weighted by molar-refractivity contribution is 0.425. The molecule has 0 amide bonds. The fourth-order valence-electron chi connectivity index (χ4n) is 4.41. The topological polar surface area (TPSA) is 43.7 Å². The standard InChI is InChI=1S/C31H26BNO2S/c1-36-31-22-26(18-19-30(31)32(34)35)25-13-9-17-29(21-25)33(27-14-6-3-7-15-27)28-16-8-12-24(20-28)23-10-4-2-5-11-23/h2-22,34-35H,1H3. The molecule has 36 heavy (non-hydrogen) atoms. The smallest absolute Gasteiger partial charge is 0.423 e. The molecule has 0 bridgehead atoms. The number of nitrogens with zero attached hydrogens (tertiary/aromatic N) is 1. The second-order valence-electron chi connectivity index (χ2n) is 8.47. The molecule has 5 aromatic carbocycles. The number of hydrogen-bond donors (Lipinski definition) is 2. The molecule has 176 valence electrons. The molecule has 0 atom stereocenters. The summed E-state index contributed by atoms with van der Waals surface area (Å²) in [4.78, 5) is 3.11. The molecule has 0 aliphatic rings. The first-order valence-electron chi connectivity index (χ1n) is 11.8. The van der Waals surface area contributed by atoms with Crippen LogP contribution in [0, 0.1) is 0 Å². The molecule has 0 heterocycles. The molecule has 5 aromatic rings. The van der Waals surface area contributed by atoms with Crippen LogP contribution in [0.4, 0.5) is 17.1 Å². The average molecular weight is 487 g/mol. The number of benzene rings is 5. The Morgan fingerprint density at radius 2 is 1.03 bits per heavy atom. The van der Waals surface area contributed by atoms with Crippen LogP contribution in [-0.2, 0) is 0 Å². The first-order chi connectivity index (χ1) is 17.6. The average Bonchev–Trinajstić information content (AvgIpc) is 2.94. The summed E-state index contributed by atoms with van der Waals surface area (Å²) in [5.74, 6) is 0. The van der Waals surface area contributed by atoms with Gasteiger partial charge in [-0.25, -0.2) is 0 Å². The fourth-order valence-corrected chi connectivity index (χ4v) is 5.06. The van der Waals surface area contributed by atoms with Gasteiger partial charge in [0.2, 0.25) is 0 Å². The largest absolute Gasteiger partial charge is 0.489 e. The van der Waals surface area contributed by atoms with E-state index in [2.05, 4.69) is 102 Å². The van der Waals surface area contributed by atoms with Crippen molar-refractivity contribution in [2.75, 3.05) is 11.2 Å². The summed E-state index contributed by atoms with van der Waals surface area (Å²) >= 11 is 1.51. The third-order valence-corrected chi connectivity index (χ3v) is 6.97. The van der Waals surface area contributed by atoms with Gasteiger partial charge in [-0.2, -0.15) is 0 Å². The Balaban J connectivity index is 1.61. The van der Waals surface area contributed by atoms with Crippen molar-refractivity contribution in [3.8, 4) is 22.3 Å². The zero-order valence-electron chi connectivity index (χ0n) is 20.0. The lowest BCUT2D eigenvalue weighted by Crippen LogP contribution is -2.31.